The van der Waals surface area contributed by atoms with Crippen molar-refractivity contribution in [3.63, 3.8) is 0 Å². The summed E-state index contributed by atoms with van der Waals surface area (Å²) < 4.78 is 6.54. The minimum absolute atomic E-state index is 0.241. The van der Waals surface area contributed by atoms with Gasteiger partial charge in [-0.1, -0.05) is 35.0 Å². The van der Waals surface area contributed by atoms with Gasteiger partial charge >= 0.3 is 0 Å². The molecule has 3 rings (SSSR count). The van der Waals surface area contributed by atoms with Gasteiger partial charge in [0.05, 0.1) is 5.69 Å². The summed E-state index contributed by atoms with van der Waals surface area (Å²) in [6.45, 7) is 5.32. The van der Waals surface area contributed by atoms with Crippen LogP contribution >= 0.6 is 0 Å². The summed E-state index contributed by atoms with van der Waals surface area (Å²) in [6, 6.07) is 10.5. The lowest BCUT2D eigenvalue weighted by Gasteiger charge is -2.11. The van der Waals surface area contributed by atoms with Gasteiger partial charge in [-0.05, 0) is 32.4 Å². The first-order valence-corrected chi connectivity index (χ1v) is 8.49. The van der Waals surface area contributed by atoms with E-state index in [-0.39, 0.29) is 5.69 Å². The van der Waals surface area contributed by atoms with E-state index < -0.39 is 17.9 Å². The van der Waals surface area contributed by atoms with Crippen LogP contribution in [0.25, 0.3) is 11.3 Å². The summed E-state index contributed by atoms with van der Waals surface area (Å²) in [7, 11) is 1.77. The second kappa shape index (κ2) is 7.45. The van der Waals surface area contributed by atoms with Gasteiger partial charge in [0.25, 0.3) is 5.91 Å². The molecule has 27 heavy (non-hydrogen) atoms. The molecular weight excluding hydrogens is 346 g/mol. The fraction of sp³-hybridized carbons (Fsp3) is 0.263. The van der Waals surface area contributed by atoms with Crippen LogP contribution in [0.4, 0.5) is 5.82 Å². The number of nitrogens with zero attached hydrogens (tertiary/aromatic N) is 3. The standard InChI is InChI=1S/C19H21N5O3/c1-11-5-7-14(8-6-11)16-10-15(22-24(16)4)19(26)20-13(3)18(25)21-17-9-12(2)27-23-17/h5-10,13H,1-4H3,(H,20,26)(H,21,23,25)/t13-/m0/s1. The Morgan fingerprint density at radius 1 is 1.15 bits per heavy atom. The summed E-state index contributed by atoms with van der Waals surface area (Å²) in [5, 5.41) is 13.2. The molecule has 0 aliphatic rings. The summed E-state index contributed by atoms with van der Waals surface area (Å²) in [5.41, 5.74) is 3.17. The molecule has 0 aliphatic carbocycles. The van der Waals surface area contributed by atoms with E-state index in [1.165, 1.54) is 0 Å². The Kier molecular flexibility index (Phi) is 5.07. The number of carbonyl (C=O) groups excluding carboxylic acids is 2. The largest absolute Gasteiger partial charge is 0.360 e. The predicted molar refractivity (Wildman–Crippen MR) is 100 cm³/mol. The Morgan fingerprint density at radius 2 is 1.85 bits per heavy atom. The summed E-state index contributed by atoms with van der Waals surface area (Å²) in [4.78, 5) is 24.6. The number of carbonyl (C=O) groups is 2. The maximum absolute atomic E-state index is 12.5. The molecule has 140 valence electrons. The molecule has 0 saturated carbocycles. The number of aromatic nitrogens is 3. The second-order valence-electron chi connectivity index (χ2n) is 6.41. The third-order valence-corrected chi connectivity index (χ3v) is 4.08. The molecule has 2 N–H and O–H groups in total. The van der Waals surface area contributed by atoms with Crippen LogP contribution in [0, 0.1) is 13.8 Å². The van der Waals surface area contributed by atoms with Gasteiger partial charge in [0.1, 0.15) is 11.8 Å². The van der Waals surface area contributed by atoms with Crippen LogP contribution in [0.3, 0.4) is 0 Å². The van der Waals surface area contributed by atoms with Gasteiger partial charge in [-0.3, -0.25) is 14.3 Å². The Balaban J connectivity index is 1.68. The van der Waals surface area contributed by atoms with Gasteiger partial charge in [-0.25, -0.2) is 0 Å². The Labute approximate surface area is 156 Å². The molecule has 0 radical (unpaired) electrons. The number of aryl methyl sites for hydroxylation is 3. The van der Waals surface area contributed by atoms with Gasteiger partial charge in [0, 0.05) is 13.1 Å². The molecule has 0 saturated heterocycles. The molecular formula is C19H21N5O3. The Bertz CT molecular complexity index is 972. The third-order valence-electron chi connectivity index (χ3n) is 4.08. The number of nitrogens with one attached hydrogen (secondary N) is 2. The summed E-state index contributed by atoms with van der Waals surface area (Å²) >= 11 is 0. The van der Waals surface area contributed by atoms with E-state index in [0.717, 1.165) is 16.8 Å². The van der Waals surface area contributed by atoms with Crippen molar-refractivity contribution in [3.8, 4) is 11.3 Å². The van der Waals surface area contributed by atoms with Crippen LogP contribution in [-0.2, 0) is 11.8 Å². The number of benzene rings is 1. The van der Waals surface area contributed by atoms with Crippen LogP contribution < -0.4 is 10.6 Å². The zero-order chi connectivity index (χ0) is 19.6. The van der Waals surface area contributed by atoms with E-state index >= 15 is 0 Å². The second-order valence-corrected chi connectivity index (χ2v) is 6.41. The van der Waals surface area contributed by atoms with Crippen LogP contribution in [0.15, 0.2) is 40.9 Å². The lowest BCUT2D eigenvalue weighted by atomic mass is 10.1. The highest BCUT2D eigenvalue weighted by molar-refractivity contribution is 6.00. The number of amides is 2. The molecule has 0 bridgehead atoms. The van der Waals surface area contributed by atoms with E-state index in [0.29, 0.717) is 11.6 Å². The fourth-order valence-electron chi connectivity index (χ4n) is 2.57. The first kappa shape index (κ1) is 18.4. The molecule has 0 unspecified atom stereocenters. The number of anilines is 1. The SMILES string of the molecule is Cc1ccc(-c2cc(C(=O)N[C@@H](C)C(=O)Nc3cc(C)on3)nn2C)cc1. The zero-order valence-electron chi connectivity index (χ0n) is 15.6. The lowest BCUT2D eigenvalue weighted by molar-refractivity contribution is -0.117. The first-order valence-electron chi connectivity index (χ1n) is 8.49. The van der Waals surface area contributed by atoms with Gasteiger partial charge in [-0.15, -0.1) is 0 Å². The molecule has 3 aromatic rings. The Morgan fingerprint density at radius 3 is 2.48 bits per heavy atom. The third kappa shape index (κ3) is 4.22. The highest BCUT2D eigenvalue weighted by Gasteiger charge is 2.20. The van der Waals surface area contributed by atoms with Crippen molar-refractivity contribution < 1.29 is 14.1 Å². The molecule has 0 aliphatic heterocycles. The van der Waals surface area contributed by atoms with Crippen molar-refractivity contribution >= 4 is 17.6 Å². The van der Waals surface area contributed by atoms with E-state index in [1.807, 2.05) is 31.2 Å². The molecule has 2 heterocycles. The van der Waals surface area contributed by atoms with Gasteiger partial charge in [0.2, 0.25) is 5.91 Å². The normalized spacial score (nSPS) is 11.9. The average Bonchev–Trinajstić information content (AvgIpc) is 3.21. The van der Waals surface area contributed by atoms with Gasteiger partial charge < -0.3 is 15.2 Å². The summed E-state index contributed by atoms with van der Waals surface area (Å²) in [6.07, 6.45) is 0. The molecule has 2 aromatic heterocycles. The highest BCUT2D eigenvalue weighted by Crippen LogP contribution is 2.20. The number of hydrogen-bond acceptors (Lipinski definition) is 5. The minimum Gasteiger partial charge on any atom is -0.360 e. The lowest BCUT2D eigenvalue weighted by Crippen LogP contribution is -2.41. The van der Waals surface area contributed by atoms with Crippen molar-refractivity contribution in [3.05, 3.63) is 53.4 Å². The average molecular weight is 367 g/mol. The number of hydrogen-bond donors (Lipinski definition) is 2. The van der Waals surface area contributed by atoms with Crippen molar-refractivity contribution in [2.24, 2.45) is 7.05 Å². The van der Waals surface area contributed by atoms with Crippen LogP contribution in [0.5, 0.6) is 0 Å². The first-order chi connectivity index (χ1) is 12.8. The van der Waals surface area contributed by atoms with Gasteiger partial charge in [0.15, 0.2) is 11.5 Å². The van der Waals surface area contributed by atoms with Gasteiger partial charge in [-0.2, -0.15) is 5.10 Å². The molecule has 0 spiro atoms. The topological polar surface area (TPSA) is 102 Å². The molecule has 2 amide bonds. The maximum atomic E-state index is 12.5. The minimum atomic E-state index is -0.765. The van der Waals surface area contributed by atoms with Crippen LogP contribution in [0.1, 0.15) is 28.7 Å². The van der Waals surface area contributed by atoms with E-state index in [4.69, 9.17) is 4.52 Å². The van der Waals surface area contributed by atoms with E-state index in [2.05, 4.69) is 20.9 Å². The van der Waals surface area contributed by atoms with Crippen LogP contribution in [-0.4, -0.2) is 32.8 Å². The molecule has 1 atom stereocenters. The maximum Gasteiger partial charge on any atom is 0.272 e. The van der Waals surface area contributed by atoms with Crippen molar-refractivity contribution in [1.29, 1.82) is 0 Å². The van der Waals surface area contributed by atoms with Crippen molar-refractivity contribution in [2.75, 3.05) is 5.32 Å². The predicted octanol–water partition coefficient (Wildman–Crippen LogP) is 2.45. The smallest absolute Gasteiger partial charge is 0.272 e. The van der Waals surface area contributed by atoms with Crippen molar-refractivity contribution in [1.82, 2.24) is 20.3 Å². The Hall–Kier alpha value is -3.42. The molecule has 1 aromatic carbocycles. The van der Waals surface area contributed by atoms with Crippen LogP contribution in [0.2, 0.25) is 0 Å². The zero-order valence-corrected chi connectivity index (χ0v) is 15.6. The van der Waals surface area contributed by atoms with Crippen molar-refractivity contribution in [2.45, 2.75) is 26.8 Å². The molecule has 0 fully saturated rings. The molecule has 8 nitrogen and oxygen atoms in total. The number of rotatable bonds is 5. The molecule has 8 heteroatoms. The monoisotopic (exact) mass is 367 g/mol. The highest BCUT2D eigenvalue weighted by atomic mass is 16.5. The summed E-state index contributed by atoms with van der Waals surface area (Å²) in [5.74, 6) is 0.0616. The van der Waals surface area contributed by atoms with E-state index in [9.17, 15) is 9.59 Å². The van der Waals surface area contributed by atoms with E-state index in [1.54, 1.807) is 37.7 Å². The fourth-order valence-corrected chi connectivity index (χ4v) is 2.57. The quantitative estimate of drug-likeness (QED) is 0.721.